The minimum absolute atomic E-state index is 0.103. The van der Waals surface area contributed by atoms with Crippen LogP contribution in [0, 0.1) is 11.8 Å². The van der Waals surface area contributed by atoms with Crippen LogP contribution in [0.15, 0.2) is 0 Å². The number of carbonyl (C=O) groups excluding carboxylic acids is 2. The lowest BCUT2D eigenvalue weighted by Gasteiger charge is -2.06. The first-order valence-corrected chi connectivity index (χ1v) is 15.0. The summed E-state index contributed by atoms with van der Waals surface area (Å²) in [5.41, 5.74) is 0. The Morgan fingerprint density at radius 3 is 1.32 bits per heavy atom. The summed E-state index contributed by atoms with van der Waals surface area (Å²) < 4.78 is 31.9. The molecule has 0 saturated heterocycles. The molecule has 0 aliphatic heterocycles. The molecule has 0 aromatic rings. The van der Waals surface area contributed by atoms with Crippen molar-refractivity contribution in [2.45, 2.75) is 27.7 Å². The van der Waals surface area contributed by atoms with Crippen LogP contribution in [-0.2, 0) is 32.7 Å². The second kappa shape index (κ2) is 19.3. The third-order valence-electron chi connectivity index (χ3n) is 2.66. The van der Waals surface area contributed by atoms with Gasteiger partial charge in [0.2, 0.25) is 0 Å². The van der Waals surface area contributed by atoms with Crippen molar-refractivity contribution in [1.29, 1.82) is 0 Å². The van der Waals surface area contributed by atoms with E-state index in [4.69, 9.17) is 18.5 Å². The lowest BCUT2D eigenvalue weighted by atomic mass is 10.2. The summed E-state index contributed by atoms with van der Waals surface area (Å²) >= 11 is 0. The molecule has 0 aromatic carbocycles. The van der Waals surface area contributed by atoms with Crippen molar-refractivity contribution in [1.82, 2.24) is 0 Å². The van der Waals surface area contributed by atoms with E-state index in [0.717, 1.165) is 0 Å². The quantitative estimate of drug-likeness (QED) is 0.114. The van der Waals surface area contributed by atoms with Crippen molar-refractivity contribution >= 4 is 63.4 Å². The second-order valence-electron chi connectivity index (χ2n) is 5.82. The van der Waals surface area contributed by atoms with E-state index in [1.165, 1.54) is 0 Å². The fraction of sp³-hybridized carbons (Fsp3) is 0.875. The summed E-state index contributed by atoms with van der Waals surface area (Å²) in [5, 5.41) is 0. The number of hydrogen-bond donors (Lipinski definition) is 0. The van der Waals surface area contributed by atoms with E-state index in [-0.39, 0.29) is 23.8 Å². The van der Waals surface area contributed by atoms with Gasteiger partial charge in [0.15, 0.2) is 0 Å². The van der Waals surface area contributed by atoms with Crippen LogP contribution in [-0.4, -0.2) is 61.4 Å². The number of hydrogen-bond acceptors (Lipinski definition) is 11. The van der Waals surface area contributed by atoms with Crippen molar-refractivity contribution in [2.24, 2.45) is 11.8 Å². The Bertz CT molecular complexity index is 415. The fourth-order valence-electron chi connectivity index (χ4n) is 1.25. The van der Waals surface area contributed by atoms with Gasteiger partial charge in [-0.15, -0.1) is 9.05 Å². The molecule has 0 aromatic heterocycles. The van der Waals surface area contributed by atoms with Gasteiger partial charge in [-0.3, -0.25) is 9.59 Å². The molecule has 0 atom stereocenters. The van der Waals surface area contributed by atoms with Gasteiger partial charge in [-0.2, -0.15) is 0 Å². The predicted molar refractivity (Wildman–Crippen MR) is 121 cm³/mol. The van der Waals surface area contributed by atoms with Crippen molar-refractivity contribution in [3.8, 4) is 0 Å². The van der Waals surface area contributed by atoms with Crippen molar-refractivity contribution in [3.63, 3.8) is 0 Å². The van der Waals surface area contributed by atoms with E-state index in [1.54, 1.807) is 70.9 Å². The summed E-state index contributed by atoms with van der Waals surface area (Å²) in [7, 11) is 4.20. The molecule has 0 aliphatic rings. The Hall–Kier alpha value is 0.360. The highest BCUT2D eigenvalue weighted by molar-refractivity contribution is 8.77. The first-order valence-electron chi connectivity index (χ1n) is 8.89. The van der Waals surface area contributed by atoms with Crippen LogP contribution in [0.25, 0.3) is 0 Å². The number of ether oxygens (including phenoxy) is 2. The Kier molecular flexibility index (Phi) is 19.6. The molecule has 28 heavy (non-hydrogen) atoms. The van der Waals surface area contributed by atoms with Crippen molar-refractivity contribution < 1.29 is 32.7 Å². The highest BCUT2D eigenvalue weighted by atomic mass is 33.1. The van der Waals surface area contributed by atoms with Gasteiger partial charge in [-0.25, -0.2) is 0 Å². The van der Waals surface area contributed by atoms with E-state index >= 15 is 0 Å². The van der Waals surface area contributed by atoms with Crippen LogP contribution >= 0.6 is 51.4 Å². The maximum atomic E-state index is 11.5. The summed E-state index contributed by atoms with van der Waals surface area (Å²) in [6, 6.07) is 0. The summed E-state index contributed by atoms with van der Waals surface area (Å²) in [5.74, 6) is 2.18. The third kappa shape index (κ3) is 18.4. The molecule has 0 spiro atoms. The van der Waals surface area contributed by atoms with Crippen LogP contribution in [0.4, 0.5) is 0 Å². The summed E-state index contributed by atoms with van der Waals surface area (Å²) in [6.45, 7) is 8.66. The van der Waals surface area contributed by atoms with Gasteiger partial charge in [0.1, 0.15) is 26.4 Å². The van der Waals surface area contributed by atoms with E-state index < -0.39 is 8.25 Å². The smallest absolute Gasteiger partial charge is 0.465 e. The zero-order valence-electron chi connectivity index (χ0n) is 16.7. The first-order chi connectivity index (χ1) is 13.3. The van der Waals surface area contributed by atoms with Gasteiger partial charge < -0.3 is 9.47 Å². The van der Waals surface area contributed by atoms with Gasteiger partial charge in [0.25, 0.3) is 0 Å². The lowest BCUT2D eigenvalue weighted by molar-refractivity contribution is -0.147. The van der Waals surface area contributed by atoms with Crippen molar-refractivity contribution in [2.75, 3.05) is 49.4 Å². The third-order valence-corrected chi connectivity index (χ3v) is 8.11. The van der Waals surface area contributed by atoms with Gasteiger partial charge in [-0.1, -0.05) is 70.9 Å². The second-order valence-corrected chi connectivity index (χ2v) is 12.2. The van der Waals surface area contributed by atoms with Gasteiger partial charge >= 0.3 is 20.2 Å². The average Bonchev–Trinajstić information content (AvgIpc) is 2.65. The molecule has 0 heterocycles. The number of rotatable bonds is 18. The molecule has 0 amide bonds. The SMILES string of the molecule is CC(C)C(=O)OCCSSCCO[P+](=O)OCCSSCCOC(=O)C(C)C. The van der Waals surface area contributed by atoms with Crippen molar-refractivity contribution in [3.05, 3.63) is 0 Å². The maximum absolute atomic E-state index is 11.5. The Balaban J connectivity index is 3.32. The molecule has 0 N–H and O–H groups in total. The molecule has 0 rings (SSSR count). The maximum Gasteiger partial charge on any atom is 0.697 e. The molecule has 0 unspecified atom stereocenters. The molecule has 0 bridgehead atoms. The number of esters is 2. The van der Waals surface area contributed by atoms with Gasteiger partial charge in [0, 0.05) is 27.6 Å². The average molecular weight is 494 g/mol. The summed E-state index contributed by atoms with van der Waals surface area (Å²) in [4.78, 5) is 22.5. The minimum atomic E-state index is -2.10. The molecular formula is C16H30O7PS4+. The van der Waals surface area contributed by atoms with Crippen LogP contribution in [0.5, 0.6) is 0 Å². The molecule has 0 fully saturated rings. The number of carbonyl (C=O) groups is 2. The highest BCUT2D eigenvalue weighted by Gasteiger charge is 2.19. The van der Waals surface area contributed by atoms with Gasteiger partial charge in [-0.05, 0) is 0 Å². The molecule has 12 heteroatoms. The molecular weight excluding hydrogens is 463 g/mol. The first kappa shape index (κ1) is 28.4. The monoisotopic (exact) mass is 493 g/mol. The lowest BCUT2D eigenvalue weighted by Crippen LogP contribution is -2.13. The molecule has 0 radical (unpaired) electrons. The normalized spacial score (nSPS) is 11.1. The van der Waals surface area contributed by atoms with Crippen LogP contribution < -0.4 is 0 Å². The Morgan fingerprint density at radius 1 is 0.679 bits per heavy atom. The highest BCUT2D eigenvalue weighted by Crippen LogP contribution is 2.28. The largest absolute Gasteiger partial charge is 0.697 e. The van der Waals surface area contributed by atoms with Crippen LogP contribution in [0.2, 0.25) is 0 Å². The topological polar surface area (TPSA) is 88.1 Å². The van der Waals surface area contributed by atoms with E-state index in [1.807, 2.05) is 0 Å². The zero-order valence-corrected chi connectivity index (χ0v) is 20.9. The predicted octanol–water partition coefficient (Wildman–Crippen LogP) is 4.84. The van der Waals surface area contributed by atoms with Gasteiger partial charge in [0.05, 0.1) is 11.8 Å². The Labute approximate surface area is 184 Å². The van der Waals surface area contributed by atoms with E-state index in [2.05, 4.69) is 0 Å². The van der Waals surface area contributed by atoms with Crippen LogP contribution in [0.3, 0.4) is 0 Å². The summed E-state index contributed by atoms with van der Waals surface area (Å²) in [6.07, 6.45) is 0. The molecule has 164 valence electrons. The molecule has 0 aliphatic carbocycles. The fourth-order valence-corrected chi connectivity index (χ4v) is 5.36. The molecule has 0 saturated carbocycles. The van der Waals surface area contributed by atoms with Crippen LogP contribution in [0.1, 0.15) is 27.7 Å². The van der Waals surface area contributed by atoms with E-state index in [0.29, 0.717) is 49.4 Å². The van der Waals surface area contributed by atoms with E-state index in [9.17, 15) is 14.2 Å². The zero-order chi connectivity index (χ0) is 21.2. The molecule has 7 nitrogen and oxygen atoms in total. The standard InChI is InChI=1S/C16H30O7PS4/c1-13(2)15(17)20-5-9-25-27-11-7-22-24(19)23-8-12-28-26-10-6-21-16(18)14(3)4/h13-14H,5-12H2,1-4H3/q+1. The minimum Gasteiger partial charge on any atom is -0.465 e. The Morgan fingerprint density at radius 2 is 1.00 bits per heavy atom.